The van der Waals surface area contributed by atoms with Crippen molar-refractivity contribution >= 4 is 0 Å². The highest BCUT2D eigenvalue weighted by atomic mass is 16.5. The third-order valence-electron chi connectivity index (χ3n) is 1.89. The van der Waals surface area contributed by atoms with Gasteiger partial charge in [-0.2, -0.15) is 0 Å². The number of para-hydroxylation sites is 1. The minimum Gasteiger partial charge on any atom is -0.494 e. The maximum Gasteiger partial charge on any atom is 0.119 e. The first-order valence-electron chi connectivity index (χ1n) is 5.10. The van der Waals surface area contributed by atoms with Gasteiger partial charge in [-0.1, -0.05) is 39.0 Å². The van der Waals surface area contributed by atoms with Gasteiger partial charge < -0.3 is 4.74 Å². The lowest BCUT2D eigenvalue weighted by Gasteiger charge is -2.17. The first kappa shape index (κ1) is 11.1. The summed E-state index contributed by atoms with van der Waals surface area (Å²) in [6.45, 7) is 7.38. The van der Waals surface area contributed by atoms with Crippen molar-refractivity contribution in [2.75, 3.05) is 6.61 Å². The molecule has 0 amide bonds. The molecular formula is C13H19O. The van der Waals surface area contributed by atoms with E-state index < -0.39 is 0 Å². The lowest BCUT2D eigenvalue weighted by molar-refractivity contribution is 0.306. The van der Waals surface area contributed by atoms with E-state index in [1.807, 2.05) is 30.3 Å². The molecule has 14 heavy (non-hydrogen) atoms. The highest BCUT2D eigenvalue weighted by Crippen LogP contribution is 2.19. The summed E-state index contributed by atoms with van der Waals surface area (Å²) in [5.41, 5.74) is 0.292. The minimum absolute atomic E-state index is 0.292. The minimum atomic E-state index is 0.292. The number of rotatable bonds is 4. The second kappa shape index (κ2) is 5.04. The summed E-state index contributed by atoms with van der Waals surface area (Å²) in [6.07, 6.45) is 3.29. The standard InChI is InChI=1S/C13H19O/c1-13(2,3)10-7-11-14-12-8-5-4-6-9-12/h4-6,8-10H,7,11H2,1-3H3. The van der Waals surface area contributed by atoms with Crippen molar-refractivity contribution in [2.24, 2.45) is 5.41 Å². The Hall–Kier alpha value is -0.980. The highest BCUT2D eigenvalue weighted by molar-refractivity contribution is 5.20. The van der Waals surface area contributed by atoms with Crippen molar-refractivity contribution in [2.45, 2.75) is 27.2 Å². The van der Waals surface area contributed by atoms with Crippen LogP contribution in [-0.2, 0) is 0 Å². The van der Waals surface area contributed by atoms with Gasteiger partial charge in [0, 0.05) is 0 Å². The molecule has 0 aliphatic rings. The van der Waals surface area contributed by atoms with Gasteiger partial charge in [0.1, 0.15) is 5.75 Å². The molecule has 77 valence electrons. The van der Waals surface area contributed by atoms with Crippen LogP contribution in [0.5, 0.6) is 5.75 Å². The van der Waals surface area contributed by atoms with E-state index in [4.69, 9.17) is 4.74 Å². The molecule has 0 bridgehead atoms. The fourth-order valence-corrected chi connectivity index (χ4v) is 1.19. The Morgan fingerprint density at radius 3 is 2.36 bits per heavy atom. The molecule has 0 aliphatic carbocycles. The van der Waals surface area contributed by atoms with Gasteiger partial charge in [-0.3, -0.25) is 0 Å². The van der Waals surface area contributed by atoms with Gasteiger partial charge in [0.05, 0.1) is 6.61 Å². The molecule has 1 aromatic carbocycles. The van der Waals surface area contributed by atoms with Gasteiger partial charge in [-0.15, -0.1) is 0 Å². The molecule has 1 rings (SSSR count). The molecule has 0 saturated heterocycles. The van der Waals surface area contributed by atoms with Crippen molar-refractivity contribution in [3.8, 4) is 5.75 Å². The van der Waals surface area contributed by atoms with E-state index in [2.05, 4.69) is 27.2 Å². The summed E-state index contributed by atoms with van der Waals surface area (Å²) in [4.78, 5) is 0. The molecule has 0 atom stereocenters. The normalized spacial score (nSPS) is 11.4. The van der Waals surface area contributed by atoms with Crippen molar-refractivity contribution in [3.63, 3.8) is 0 Å². The molecule has 0 saturated carbocycles. The second-order valence-electron chi connectivity index (χ2n) is 4.52. The average Bonchev–Trinajstić information content (AvgIpc) is 2.13. The highest BCUT2D eigenvalue weighted by Gasteiger charge is 2.09. The summed E-state index contributed by atoms with van der Waals surface area (Å²) in [6, 6.07) is 9.94. The molecule has 1 radical (unpaired) electrons. The van der Waals surface area contributed by atoms with Crippen LogP contribution in [0, 0.1) is 11.8 Å². The van der Waals surface area contributed by atoms with E-state index in [0.29, 0.717) is 5.41 Å². The molecule has 0 unspecified atom stereocenters. The van der Waals surface area contributed by atoms with E-state index in [1.165, 1.54) is 0 Å². The van der Waals surface area contributed by atoms with E-state index in [0.717, 1.165) is 18.8 Å². The summed E-state index contributed by atoms with van der Waals surface area (Å²) in [5, 5.41) is 0. The van der Waals surface area contributed by atoms with E-state index in [9.17, 15) is 0 Å². The molecule has 0 spiro atoms. The third-order valence-corrected chi connectivity index (χ3v) is 1.89. The largest absolute Gasteiger partial charge is 0.494 e. The van der Waals surface area contributed by atoms with Crippen LogP contribution in [0.25, 0.3) is 0 Å². The first-order chi connectivity index (χ1) is 6.58. The number of benzene rings is 1. The lowest BCUT2D eigenvalue weighted by atomic mass is 9.91. The summed E-state index contributed by atoms with van der Waals surface area (Å²) in [5.74, 6) is 0.954. The third kappa shape index (κ3) is 4.90. The van der Waals surface area contributed by atoms with Crippen LogP contribution < -0.4 is 4.74 Å². The van der Waals surface area contributed by atoms with Gasteiger partial charge in [0.25, 0.3) is 0 Å². The average molecular weight is 191 g/mol. The maximum absolute atomic E-state index is 5.57. The quantitative estimate of drug-likeness (QED) is 0.659. The van der Waals surface area contributed by atoms with Crippen molar-refractivity contribution in [1.29, 1.82) is 0 Å². The molecule has 0 aromatic heterocycles. The lowest BCUT2D eigenvalue weighted by Crippen LogP contribution is -2.08. The van der Waals surface area contributed by atoms with Gasteiger partial charge in [0.2, 0.25) is 0 Å². The molecular weight excluding hydrogens is 172 g/mol. The molecule has 0 aliphatic heterocycles. The predicted molar refractivity (Wildman–Crippen MR) is 60.3 cm³/mol. The van der Waals surface area contributed by atoms with Crippen LogP contribution in [0.4, 0.5) is 0 Å². The Morgan fingerprint density at radius 2 is 1.79 bits per heavy atom. The Labute approximate surface area is 87.1 Å². The topological polar surface area (TPSA) is 9.23 Å². The zero-order chi connectivity index (χ0) is 10.4. The zero-order valence-corrected chi connectivity index (χ0v) is 9.29. The number of ether oxygens (including phenoxy) is 1. The number of hydrogen-bond donors (Lipinski definition) is 0. The summed E-state index contributed by atoms with van der Waals surface area (Å²) >= 11 is 0. The molecule has 1 aromatic rings. The Balaban J connectivity index is 2.17. The molecule has 0 N–H and O–H groups in total. The molecule has 0 heterocycles. The Morgan fingerprint density at radius 1 is 1.14 bits per heavy atom. The van der Waals surface area contributed by atoms with Crippen LogP contribution in [0.15, 0.2) is 30.3 Å². The Kier molecular flexibility index (Phi) is 3.99. The maximum atomic E-state index is 5.57. The van der Waals surface area contributed by atoms with Crippen LogP contribution in [0.1, 0.15) is 27.2 Å². The van der Waals surface area contributed by atoms with Gasteiger partial charge >= 0.3 is 0 Å². The zero-order valence-electron chi connectivity index (χ0n) is 9.29. The van der Waals surface area contributed by atoms with Crippen LogP contribution in [-0.4, -0.2) is 6.61 Å². The van der Waals surface area contributed by atoms with E-state index in [1.54, 1.807) is 0 Å². The molecule has 1 heteroatoms. The van der Waals surface area contributed by atoms with Gasteiger partial charge in [-0.25, -0.2) is 0 Å². The SMILES string of the molecule is CC(C)(C)[CH]CCOc1ccccc1. The van der Waals surface area contributed by atoms with Gasteiger partial charge in [0.15, 0.2) is 0 Å². The second-order valence-corrected chi connectivity index (χ2v) is 4.52. The predicted octanol–water partition coefficient (Wildman–Crippen LogP) is 3.71. The smallest absolute Gasteiger partial charge is 0.119 e. The number of hydrogen-bond acceptors (Lipinski definition) is 1. The fraction of sp³-hybridized carbons (Fsp3) is 0.462. The van der Waals surface area contributed by atoms with Crippen molar-refractivity contribution in [3.05, 3.63) is 36.8 Å². The van der Waals surface area contributed by atoms with E-state index in [-0.39, 0.29) is 0 Å². The van der Waals surface area contributed by atoms with Gasteiger partial charge in [-0.05, 0) is 30.4 Å². The molecule has 1 nitrogen and oxygen atoms in total. The van der Waals surface area contributed by atoms with E-state index >= 15 is 0 Å². The Bertz CT molecular complexity index is 246. The monoisotopic (exact) mass is 191 g/mol. The first-order valence-corrected chi connectivity index (χ1v) is 5.10. The summed E-state index contributed by atoms with van der Waals surface area (Å²) in [7, 11) is 0. The van der Waals surface area contributed by atoms with Crippen molar-refractivity contribution in [1.82, 2.24) is 0 Å². The summed E-state index contributed by atoms with van der Waals surface area (Å²) < 4.78 is 5.57. The fourth-order valence-electron chi connectivity index (χ4n) is 1.19. The molecule has 0 fully saturated rings. The van der Waals surface area contributed by atoms with Crippen molar-refractivity contribution < 1.29 is 4.74 Å². The van der Waals surface area contributed by atoms with Crippen LogP contribution in [0.3, 0.4) is 0 Å². The van der Waals surface area contributed by atoms with Crippen LogP contribution >= 0.6 is 0 Å². The van der Waals surface area contributed by atoms with Crippen LogP contribution in [0.2, 0.25) is 0 Å².